The Hall–Kier alpha value is -1.03. The molecule has 0 atom stereocenters. The molecule has 0 radical (unpaired) electrons. The van der Waals surface area contributed by atoms with E-state index in [9.17, 15) is 4.79 Å². The van der Waals surface area contributed by atoms with Gasteiger partial charge in [0.05, 0.1) is 0 Å². The second-order valence-corrected chi connectivity index (χ2v) is 4.87. The Balaban J connectivity index is 2.31. The molecule has 1 fully saturated rings. The van der Waals surface area contributed by atoms with E-state index in [0.29, 0.717) is 24.3 Å². The van der Waals surface area contributed by atoms with E-state index in [1.54, 1.807) is 24.0 Å². The maximum Gasteiger partial charge on any atom is 0.293 e. The maximum atomic E-state index is 12.1. The third-order valence-electron chi connectivity index (χ3n) is 3.36. The van der Waals surface area contributed by atoms with Gasteiger partial charge in [-0.1, -0.05) is 12.8 Å². The molecule has 0 N–H and O–H groups in total. The van der Waals surface area contributed by atoms with Crippen molar-refractivity contribution in [2.24, 2.45) is 7.05 Å². The van der Waals surface area contributed by atoms with E-state index < -0.39 is 0 Å². The fourth-order valence-electron chi connectivity index (χ4n) is 2.45. The van der Waals surface area contributed by atoms with E-state index >= 15 is 0 Å². The summed E-state index contributed by atoms with van der Waals surface area (Å²) >= 11 is 5.84. The van der Waals surface area contributed by atoms with Gasteiger partial charge < -0.3 is 9.47 Å². The number of alkyl halides is 1. The Morgan fingerprint density at radius 3 is 2.88 bits per heavy atom. The molecule has 17 heavy (non-hydrogen) atoms. The molecule has 1 saturated carbocycles. The van der Waals surface area contributed by atoms with Gasteiger partial charge in [0.1, 0.15) is 0 Å². The fourth-order valence-corrected chi connectivity index (χ4v) is 2.63. The lowest BCUT2D eigenvalue weighted by Gasteiger charge is -2.28. The molecular weight excluding hydrogens is 238 g/mol. The zero-order valence-corrected chi connectivity index (χ0v) is 10.9. The SMILES string of the molecule is Cn1ccnc(N(CCCl)C2CCCC2)c1=O. The first kappa shape index (κ1) is 12.4. The van der Waals surface area contributed by atoms with Gasteiger partial charge in [-0.2, -0.15) is 0 Å². The summed E-state index contributed by atoms with van der Waals surface area (Å²) in [6, 6.07) is 0.427. The third-order valence-corrected chi connectivity index (χ3v) is 3.53. The lowest BCUT2D eigenvalue weighted by Crippen LogP contribution is -2.40. The van der Waals surface area contributed by atoms with Crippen molar-refractivity contribution >= 4 is 17.4 Å². The summed E-state index contributed by atoms with van der Waals surface area (Å²) in [7, 11) is 1.75. The lowest BCUT2D eigenvalue weighted by atomic mass is 10.2. The number of halogens is 1. The summed E-state index contributed by atoms with van der Waals surface area (Å²) in [4.78, 5) is 18.4. The van der Waals surface area contributed by atoms with E-state index in [4.69, 9.17) is 11.6 Å². The van der Waals surface area contributed by atoms with Crippen molar-refractivity contribution in [1.29, 1.82) is 0 Å². The monoisotopic (exact) mass is 255 g/mol. The quantitative estimate of drug-likeness (QED) is 0.770. The van der Waals surface area contributed by atoms with Crippen LogP contribution in [0.2, 0.25) is 0 Å². The van der Waals surface area contributed by atoms with Crippen LogP contribution in [0.5, 0.6) is 0 Å². The molecular formula is C12H18ClN3O. The molecule has 1 aromatic heterocycles. The lowest BCUT2D eigenvalue weighted by molar-refractivity contribution is 0.606. The molecule has 1 aliphatic rings. The van der Waals surface area contributed by atoms with Crippen LogP contribution in [0.4, 0.5) is 5.82 Å². The van der Waals surface area contributed by atoms with Crippen LogP contribution in [0.1, 0.15) is 25.7 Å². The highest BCUT2D eigenvalue weighted by Crippen LogP contribution is 2.25. The van der Waals surface area contributed by atoms with Crippen molar-refractivity contribution < 1.29 is 0 Å². The Bertz CT molecular complexity index is 426. The van der Waals surface area contributed by atoms with E-state index in [-0.39, 0.29) is 5.56 Å². The van der Waals surface area contributed by atoms with Gasteiger partial charge in [-0.25, -0.2) is 4.98 Å². The molecule has 0 aliphatic heterocycles. The predicted octanol–water partition coefficient (Wildman–Crippen LogP) is 1.77. The second-order valence-electron chi connectivity index (χ2n) is 4.49. The number of rotatable bonds is 4. The minimum Gasteiger partial charge on any atom is -0.348 e. The first-order valence-electron chi connectivity index (χ1n) is 6.08. The van der Waals surface area contributed by atoms with Gasteiger partial charge in [0.15, 0.2) is 5.82 Å². The average molecular weight is 256 g/mol. The molecule has 0 saturated heterocycles. The average Bonchev–Trinajstić information content (AvgIpc) is 2.84. The van der Waals surface area contributed by atoms with Gasteiger partial charge in [-0.3, -0.25) is 4.79 Å². The number of aryl methyl sites for hydroxylation is 1. The minimum atomic E-state index is -0.0375. The van der Waals surface area contributed by atoms with Crippen LogP contribution in [-0.2, 0) is 7.05 Å². The van der Waals surface area contributed by atoms with Gasteiger partial charge in [0.25, 0.3) is 5.56 Å². The molecule has 1 aliphatic carbocycles. The zero-order chi connectivity index (χ0) is 12.3. The topological polar surface area (TPSA) is 38.1 Å². The van der Waals surface area contributed by atoms with Gasteiger partial charge >= 0.3 is 0 Å². The van der Waals surface area contributed by atoms with Crippen LogP contribution in [0.3, 0.4) is 0 Å². The Morgan fingerprint density at radius 1 is 1.53 bits per heavy atom. The zero-order valence-electron chi connectivity index (χ0n) is 10.1. The van der Waals surface area contributed by atoms with Crippen molar-refractivity contribution in [3.8, 4) is 0 Å². The maximum absolute atomic E-state index is 12.1. The van der Waals surface area contributed by atoms with Crippen molar-refractivity contribution in [2.75, 3.05) is 17.3 Å². The van der Waals surface area contributed by atoms with E-state index in [0.717, 1.165) is 12.8 Å². The molecule has 94 valence electrons. The molecule has 2 rings (SSSR count). The summed E-state index contributed by atoms with van der Waals surface area (Å²) in [5.41, 5.74) is -0.0375. The number of anilines is 1. The molecule has 0 spiro atoms. The van der Waals surface area contributed by atoms with E-state index in [2.05, 4.69) is 9.88 Å². The number of aromatic nitrogens is 2. The highest BCUT2D eigenvalue weighted by molar-refractivity contribution is 6.18. The Morgan fingerprint density at radius 2 is 2.24 bits per heavy atom. The minimum absolute atomic E-state index is 0.0375. The second kappa shape index (κ2) is 5.54. The molecule has 0 aromatic carbocycles. The summed E-state index contributed by atoms with van der Waals surface area (Å²) in [6.45, 7) is 0.693. The molecule has 1 aromatic rings. The standard InChI is InChI=1S/C12H18ClN3O/c1-15-9-7-14-11(12(15)17)16(8-6-13)10-4-2-3-5-10/h7,9-10H,2-6,8H2,1H3. The van der Waals surface area contributed by atoms with Crippen LogP contribution in [0.15, 0.2) is 17.2 Å². The first-order valence-corrected chi connectivity index (χ1v) is 6.61. The Labute approximate surface area is 106 Å². The molecule has 0 bridgehead atoms. The number of nitrogens with zero attached hydrogens (tertiary/aromatic N) is 3. The highest BCUT2D eigenvalue weighted by Gasteiger charge is 2.25. The third kappa shape index (κ3) is 2.63. The molecule has 5 heteroatoms. The van der Waals surface area contributed by atoms with Crippen molar-refractivity contribution in [1.82, 2.24) is 9.55 Å². The summed E-state index contributed by atoms with van der Waals surface area (Å²) in [6.07, 6.45) is 8.09. The van der Waals surface area contributed by atoms with Crippen LogP contribution >= 0.6 is 11.6 Å². The normalized spacial score (nSPS) is 16.4. The van der Waals surface area contributed by atoms with Crippen LogP contribution in [0, 0.1) is 0 Å². The van der Waals surface area contributed by atoms with Crippen LogP contribution < -0.4 is 10.5 Å². The fraction of sp³-hybridized carbons (Fsp3) is 0.667. The molecule has 4 nitrogen and oxygen atoms in total. The van der Waals surface area contributed by atoms with Gasteiger partial charge in [0, 0.05) is 37.9 Å². The highest BCUT2D eigenvalue weighted by atomic mass is 35.5. The summed E-state index contributed by atoms with van der Waals surface area (Å²) < 4.78 is 1.57. The van der Waals surface area contributed by atoms with Crippen molar-refractivity contribution in [3.63, 3.8) is 0 Å². The molecule has 1 heterocycles. The Kier molecular flexibility index (Phi) is 4.05. The first-order chi connectivity index (χ1) is 8.24. The van der Waals surface area contributed by atoms with Crippen LogP contribution in [-0.4, -0.2) is 28.0 Å². The smallest absolute Gasteiger partial charge is 0.293 e. The van der Waals surface area contributed by atoms with E-state index in [1.807, 2.05) is 0 Å². The number of hydrogen-bond acceptors (Lipinski definition) is 3. The molecule has 0 unspecified atom stereocenters. The van der Waals surface area contributed by atoms with Crippen molar-refractivity contribution in [2.45, 2.75) is 31.7 Å². The van der Waals surface area contributed by atoms with Gasteiger partial charge in [-0.15, -0.1) is 11.6 Å². The molecule has 0 amide bonds. The predicted molar refractivity (Wildman–Crippen MR) is 69.8 cm³/mol. The summed E-state index contributed by atoms with van der Waals surface area (Å²) in [5.74, 6) is 1.07. The van der Waals surface area contributed by atoms with Crippen LogP contribution in [0.25, 0.3) is 0 Å². The largest absolute Gasteiger partial charge is 0.348 e. The van der Waals surface area contributed by atoms with E-state index in [1.165, 1.54) is 12.8 Å². The number of hydrogen-bond donors (Lipinski definition) is 0. The van der Waals surface area contributed by atoms with Gasteiger partial charge in [0.2, 0.25) is 0 Å². The van der Waals surface area contributed by atoms with Crippen molar-refractivity contribution in [3.05, 3.63) is 22.7 Å². The van der Waals surface area contributed by atoms with Gasteiger partial charge in [-0.05, 0) is 12.8 Å². The summed E-state index contributed by atoms with van der Waals surface area (Å²) in [5, 5.41) is 0.